The Morgan fingerprint density at radius 3 is 2.46 bits per heavy atom. The fourth-order valence-corrected chi connectivity index (χ4v) is 7.08. The van der Waals surface area contributed by atoms with Gasteiger partial charge >= 0.3 is 5.97 Å². The summed E-state index contributed by atoms with van der Waals surface area (Å²) >= 11 is 0. The molecule has 2 bridgehead atoms. The van der Waals surface area contributed by atoms with Gasteiger partial charge in [-0.15, -0.1) is 0 Å². The quantitative estimate of drug-likeness (QED) is 0.318. The summed E-state index contributed by atoms with van der Waals surface area (Å²) in [6, 6.07) is 16.8. The first-order chi connectivity index (χ1) is 17.2. The molecule has 4 fully saturated rings. The van der Waals surface area contributed by atoms with Gasteiger partial charge in [0.05, 0.1) is 25.0 Å². The molecule has 0 spiro atoms. The molecule has 5 aliphatic rings. The summed E-state index contributed by atoms with van der Waals surface area (Å²) in [7, 11) is 0. The van der Waals surface area contributed by atoms with Crippen LogP contribution in [0.15, 0.2) is 48.5 Å². The zero-order valence-corrected chi connectivity index (χ0v) is 20.8. The zero-order valence-electron chi connectivity index (χ0n) is 20.8. The van der Waals surface area contributed by atoms with Gasteiger partial charge in [0.1, 0.15) is 6.54 Å². The molecule has 0 N–H and O–H groups in total. The highest BCUT2D eigenvalue weighted by Crippen LogP contribution is 2.42. The van der Waals surface area contributed by atoms with E-state index in [1.165, 1.54) is 31.5 Å². The van der Waals surface area contributed by atoms with Gasteiger partial charge in [-0.3, -0.25) is 4.79 Å². The largest absolute Gasteiger partial charge is 0.455 e. The monoisotopic (exact) mass is 476 g/mol. The summed E-state index contributed by atoms with van der Waals surface area (Å²) < 4.78 is 18.6. The van der Waals surface area contributed by atoms with Gasteiger partial charge in [-0.05, 0) is 36.1 Å². The molecule has 186 valence electrons. The van der Waals surface area contributed by atoms with Crippen molar-refractivity contribution in [3.05, 3.63) is 59.7 Å². The lowest BCUT2D eigenvalue weighted by molar-refractivity contribution is -0.946. The lowest BCUT2D eigenvalue weighted by Gasteiger charge is -2.52. The minimum Gasteiger partial charge on any atom is -0.455 e. The Kier molecular flexibility index (Phi) is 6.21. The van der Waals surface area contributed by atoms with Crippen molar-refractivity contribution in [3.8, 4) is 11.5 Å². The third-order valence-corrected chi connectivity index (χ3v) is 9.29. The molecule has 2 aromatic rings. The maximum atomic E-state index is 14.0. The van der Waals surface area contributed by atoms with Crippen molar-refractivity contribution in [1.82, 2.24) is 0 Å². The highest BCUT2D eigenvalue weighted by atomic mass is 16.7. The third-order valence-electron chi connectivity index (χ3n) is 9.29. The number of ether oxygens (including phenoxy) is 3. The van der Waals surface area contributed by atoms with Crippen molar-refractivity contribution in [2.75, 3.05) is 33.0 Å². The van der Waals surface area contributed by atoms with E-state index in [0.717, 1.165) is 79.6 Å². The molecule has 0 radical (unpaired) electrons. The Hall–Kier alpha value is -2.53. The number of benzene rings is 2. The van der Waals surface area contributed by atoms with Crippen LogP contribution in [-0.4, -0.2) is 49.5 Å². The number of hydrogen-bond donors (Lipinski definition) is 0. The molecular weight excluding hydrogens is 438 g/mol. The Bertz CT molecular complexity index is 1040. The Labute approximate surface area is 209 Å². The second-order valence-electron chi connectivity index (χ2n) is 11.3. The average molecular weight is 477 g/mol. The van der Waals surface area contributed by atoms with Gasteiger partial charge in [0.25, 0.3) is 0 Å². The molecule has 1 saturated carbocycles. The van der Waals surface area contributed by atoms with Gasteiger partial charge in [-0.2, -0.15) is 0 Å². The minimum absolute atomic E-state index is 0.0401. The molecule has 1 aliphatic carbocycles. The number of rotatable bonds is 6. The Morgan fingerprint density at radius 1 is 0.943 bits per heavy atom. The SMILES string of the molecule is O=C(O[C@H]1C[N+]2(CCc3ccc4c(c3)OCO4)CCC1CC2)C1(c2ccccc2)CCCCCC1. The second kappa shape index (κ2) is 9.50. The first-order valence-electron chi connectivity index (χ1n) is 13.7. The fourth-order valence-electron chi connectivity index (χ4n) is 7.08. The molecule has 5 heteroatoms. The van der Waals surface area contributed by atoms with Gasteiger partial charge < -0.3 is 18.7 Å². The van der Waals surface area contributed by atoms with E-state index in [4.69, 9.17) is 14.2 Å². The number of hydrogen-bond acceptors (Lipinski definition) is 4. The van der Waals surface area contributed by atoms with Crippen molar-refractivity contribution in [2.24, 2.45) is 5.92 Å². The molecule has 0 amide bonds. The van der Waals surface area contributed by atoms with Gasteiger partial charge in [-0.1, -0.05) is 62.1 Å². The molecular formula is C30H38NO4+. The molecule has 3 saturated heterocycles. The van der Waals surface area contributed by atoms with Crippen LogP contribution in [0.1, 0.15) is 62.5 Å². The fraction of sp³-hybridized carbons (Fsp3) is 0.567. The van der Waals surface area contributed by atoms with E-state index in [-0.39, 0.29) is 12.1 Å². The number of carbonyl (C=O) groups excluding carboxylic acids is 1. The average Bonchev–Trinajstić information content (AvgIpc) is 3.23. The number of piperidine rings is 3. The Morgan fingerprint density at radius 2 is 1.69 bits per heavy atom. The summed E-state index contributed by atoms with van der Waals surface area (Å²) in [6.45, 7) is 4.77. The van der Waals surface area contributed by atoms with Crippen LogP contribution in [0.3, 0.4) is 0 Å². The number of carbonyl (C=O) groups is 1. The van der Waals surface area contributed by atoms with E-state index in [2.05, 4.69) is 36.4 Å². The van der Waals surface area contributed by atoms with Crippen molar-refractivity contribution >= 4 is 5.97 Å². The second-order valence-corrected chi connectivity index (χ2v) is 11.3. The zero-order chi connectivity index (χ0) is 23.7. The molecule has 4 aliphatic heterocycles. The van der Waals surface area contributed by atoms with Crippen LogP contribution >= 0.6 is 0 Å². The van der Waals surface area contributed by atoms with Gasteiger partial charge in [0, 0.05) is 25.2 Å². The molecule has 0 aromatic heterocycles. The highest BCUT2D eigenvalue weighted by molar-refractivity contribution is 5.83. The van der Waals surface area contributed by atoms with E-state index >= 15 is 0 Å². The summed E-state index contributed by atoms with van der Waals surface area (Å²) in [5, 5.41) is 0. The van der Waals surface area contributed by atoms with Crippen molar-refractivity contribution in [2.45, 2.75) is 69.3 Å². The summed E-state index contributed by atoms with van der Waals surface area (Å²) in [5.41, 5.74) is 1.98. The molecule has 5 nitrogen and oxygen atoms in total. The predicted molar refractivity (Wildman–Crippen MR) is 134 cm³/mol. The molecule has 35 heavy (non-hydrogen) atoms. The van der Waals surface area contributed by atoms with Crippen LogP contribution in [-0.2, 0) is 21.4 Å². The van der Waals surface area contributed by atoms with Crippen LogP contribution in [0.25, 0.3) is 0 Å². The van der Waals surface area contributed by atoms with Crippen LogP contribution in [0.5, 0.6) is 11.5 Å². The lowest BCUT2D eigenvalue weighted by atomic mass is 9.74. The molecule has 4 heterocycles. The van der Waals surface area contributed by atoms with Crippen molar-refractivity contribution in [3.63, 3.8) is 0 Å². The minimum atomic E-state index is -0.471. The molecule has 0 unspecified atom stereocenters. The summed E-state index contributed by atoms with van der Waals surface area (Å²) in [6.07, 6.45) is 9.85. The topological polar surface area (TPSA) is 44.8 Å². The third kappa shape index (κ3) is 4.44. The van der Waals surface area contributed by atoms with E-state index in [1.54, 1.807) is 0 Å². The normalized spacial score (nSPS) is 28.9. The van der Waals surface area contributed by atoms with Crippen LogP contribution in [0.2, 0.25) is 0 Å². The predicted octanol–water partition coefficient (Wildman–Crippen LogP) is 5.40. The summed E-state index contributed by atoms with van der Waals surface area (Å²) in [5.74, 6) is 2.26. The smallest absolute Gasteiger partial charge is 0.317 e. The van der Waals surface area contributed by atoms with Crippen molar-refractivity contribution < 1.29 is 23.5 Å². The lowest BCUT2D eigenvalue weighted by Crippen LogP contribution is -2.65. The van der Waals surface area contributed by atoms with E-state index in [1.807, 2.05) is 12.1 Å². The van der Waals surface area contributed by atoms with Crippen molar-refractivity contribution in [1.29, 1.82) is 0 Å². The maximum absolute atomic E-state index is 14.0. The first-order valence-corrected chi connectivity index (χ1v) is 13.7. The molecule has 2 aromatic carbocycles. The van der Waals surface area contributed by atoms with Crippen LogP contribution < -0.4 is 9.47 Å². The number of nitrogens with zero attached hydrogens (tertiary/aromatic N) is 1. The number of esters is 1. The number of fused-ring (bicyclic) bond motifs is 4. The standard InChI is InChI=1S/C30H38NO4/c32-29(30(15-6-1-2-7-16-30)25-8-4-3-5-9-25)35-28-21-31(18-13-24(28)14-19-31)17-12-23-10-11-26-27(20-23)34-22-33-26/h3-5,8-11,20,24,28H,1-2,6-7,12-19,21-22H2/q+1/t24?,28-,31?/m0/s1. The van der Waals surface area contributed by atoms with Crippen LogP contribution in [0, 0.1) is 5.92 Å². The van der Waals surface area contributed by atoms with Gasteiger partial charge in [-0.25, -0.2) is 0 Å². The van der Waals surface area contributed by atoms with E-state index < -0.39 is 5.41 Å². The highest BCUT2D eigenvalue weighted by Gasteiger charge is 2.50. The Balaban J connectivity index is 1.16. The maximum Gasteiger partial charge on any atom is 0.317 e. The molecule has 1 atom stereocenters. The summed E-state index contributed by atoms with van der Waals surface area (Å²) in [4.78, 5) is 14.0. The van der Waals surface area contributed by atoms with Crippen LogP contribution in [0.4, 0.5) is 0 Å². The number of quaternary nitrogens is 1. The van der Waals surface area contributed by atoms with Gasteiger partial charge in [0.2, 0.25) is 6.79 Å². The van der Waals surface area contributed by atoms with E-state index in [0.29, 0.717) is 12.7 Å². The first kappa shape index (κ1) is 22.9. The van der Waals surface area contributed by atoms with Gasteiger partial charge in [0.15, 0.2) is 17.6 Å². The van der Waals surface area contributed by atoms with E-state index in [9.17, 15) is 4.79 Å². The molecule has 7 rings (SSSR count).